The molecule has 0 aromatic heterocycles. The molecule has 0 aromatic carbocycles. The number of likely N-dealkylation sites (N-methyl/N-ethyl adjacent to an activating group) is 1. The molecule has 0 radical (unpaired) electrons. The minimum atomic E-state index is 0.683. The number of nitrogens with one attached hydrogen (secondary N) is 1. The van der Waals surface area contributed by atoms with Crippen molar-refractivity contribution in [3.05, 3.63) is 0 Å². The van der Waals surface area contributed by atoms with Crippen LogP contribution in [0.4, 0.5) is 0 Å². The average Bonchev–Trinajstić information content (AvgIpc) is 2.65. The Hall–Kier alpha value is -0.120. The highest BCUT2D eigenvalue weighted by Gasteiger charge is 2.38. The van der Waals surface area contributed by atoms with Crippen LogP contribution in [0.25, 0.3) is 0 Å². The first kappa shape index (κ1) is 16.3. The number of piperidine rings is 1. The first-order chi connectivity index (χ1) is 9.56. The van der Waals surface area contributed by atoms with Crippen molar-refractivity contribution in [2.75, 3.05) is 27.7 Å². The van der Waals surface area contributed by atoms with Gasteiger partial charge in [0, 0.05) is 30.7 Å². The zero-order valence-electron chi connectivity index (χ0n) is 14.2. The SMILES string of the molecule is CCC(CC)C(CNC1CC2CCC(C1)N2C)N(C)C. The molecular weight excluding hydrogens is 246 g/mol. The Morgan fingerprint density at radius 1 is 1.10 bits per heavy atom. The van der Waals surface area contributed by atoms with Crippen molar-refractivity contribution < 1.29 is 0 Å². The van der Waals surface area contributed by atoms with E-state index in [1.165, 1.54) is 38.5 Å². The highest BCUT2D eigenvalue weighted by Crippen LogP contribution is 2.34. The van der Waals surface area contributed by atoms with Crippen molar-refractivity contribution in [1.82, 2.24) is 15.1 Å². The van der Waals surface area contributed by atoms with Crippen molar-refractivity contribution in [2.45, 2.75) is 76.5 Å². The van der Waals surface area contributed by atoms with Gasteiger partial charge in [0.05, 0.1) is 0 Å². The second kappa shape index (κ2) is 7.24. The van der Waals surface area contributed by atoms with Gasteiger partial charge in [-0.1, -0.05) is 26.7 Å². The maximum atomic E-state index is 3.91. The van der Waals surface area contributed by atoms with Crippen molar-refractivity contribution >= 4 is 0 Å². The van der Waals surface area contributed by atoms with E-state index in [1.807, 2.05) is 0 Å². The summed E-state index contributed by atoms with van der Waals surface area (Å²) in [5.74, 6) is 0.820. The average molecular weight is 281 g/mol. The quantitative estimate of drug-likeness (QED) is 0.774. The Morgan fingerprint density at radius 2 is 1.65 bits per heavy atom. The summed E-state index contributed by atoms with van der Waals surface area (Å²) in [6.07, 6.45) is 8.14. The molecule has 0 amide bonds. The predicted molar refractivity (Wildman–Crippen MR) is 87.1 cm³/mol. The van der Waals surface area contributed by atoms with Gasteiger partial charge < -0.3 is 15.1 Å². The molecule has 0 saturated carbocycles. The molecule has 3 nitrogen and oxygen atoms in total. The molecule has 2 rings (SSSR count). The maximum Gasteiger partial charge on any atom is 0.0242 e. The van der Waals surface area contributed by atoms with E-state index in [0.29, 0.717) is 6.04 Å². The van der Waals surface area contributed by atoms with Crippen LogP contribution in [-0.2, 0) is 0 Å². The van der Waals surface area contributed by atoms with Crippen LogP contribution < -0.4 is 5.32 Å². The van der Waals surface area contributed by atoms with Gasteiger partial charge in [-0.15, -0.1) is 0 Å². The van der Waals surface area contributed by atoms with Gasteiger partial charge in [-0.3, -0.25) is 0 Å². The molecule has 1 N–H and O–H groups in total. The topological polar surface area (TPSA) is 18.5 Å². The Morgan fingerprint density at radius 3 is 2.10 bits per heavy atom. The second-order valence-electron chi connectivity index (χ2n) is 7.23. The van der Waals surface area contributed by atoms with Crippen LogP contribution in [0, 0.1) is 5.92 Å². The summed E-state index contributed by atoms with van der Waals surface area (Å²) in [6, 6.07) is 3.12. The van der Waals surface area contributed by atoms with Crippen LogP contribution in [0.3, 0.4) is 0 Å². The van der Waals surface area contributed by atoms with Gasteiger partial charge in [-0.25, -0.2) is 0 Å². The van der Waals surface area contributed by atoms with Crippen LogP contribution in [0.2, 0.25) is 0 Å². The molecule has 3 unspecified atom stereocenters. The number of nitrogens with zero attached hydrogens (tertiary/aromatic N) is 2. The third-order valence-corrected chi connectivity index (χ3v) is 5.97. The van der Waals surface area contributed by atoms with E-state index in [4.69, 9.17) is 0 Å². The first-order valence-electron chi connectivity index (χ1n) is 8.68. The largest absolute Gasteiger partial charge is 0.312 e. The second-order valence-corrected chi connectivity index (χ2v) is 7.23. The van der Waals surface area contributed by atoms with Crippen molar-refractivity contribution in [2.24, 2.45) is 5.92 Å². The number of hydrogen-bond donors (Lipinski definition) is 1. The summed E-state index contributed by atoms with van der Waals surface area (Å²) in [7, 11) is 6.80. The van der Waals surface area contributed by atoms with Crippen molar-refractivity contribution in [1.29, 1.82) is 0 Å². The smallest absolute Gasteiger partial charge is 0.0242 e. The van der Waals surface area contributed by atoms with Gasteiger partial charge in [0.15, 0.2) is 0 Å². The lowest BCUT2D eigenvalue weighted by Gasteiger charge is -2.39. The van der Waals surface area contributed by atoms with Crippen molar-refractivity contribution in [3.8, 4) is 0 Å². The van der Waals surface area contributed by atoms with E-state index >= 15 is 0 Å². The fourth-order valence-electron chi connectivity index (χ4n) is 4.47. The monoisotopic (exact) mass is 281 g/mol. The van der Waals surface area contributed by atoms with Crippen LogP contribution in [0.1, 0.15) is 52.4 Å². The molecule has 3 atom stereocenters. The highest BCUT2D eigenvalue weighted by atomic mass is 15.2. The number of rotatable bonds is 7. The van der Waals surface area contributed by atoms with Crippen LogP contribution in [0.15, 0.2) is 0 Å². The molecule has 3 heteroatoms. The Kier molecular flexibility index (Phi) is 5.88. The third kappa shape index (κ3) is 3.55. The van der Waals surface area contributed by atoms with Gasteiger partial charge in [-0.2, -0.15) is 0 Å². The zero-order chi connectivity index (χ0) is 14.7. The lowest BCUT2D eigenvalue weighted by Crippen LogP contribution is -2.51. The van der Waals surface area contributed by atoms with E-state index in [9.17, 15) is 0 Å². The highest BCUT2D eigenvalue weighted by molar-refractivity contribution is 4.96. The zero-order valence-corrected chi connectivity index (χ0v) is 14.2. The summed E-state index contributed by atoms with van der Waals surface area (Å²) < 4.78 is 0. The predicted octanol–water partition coefficient (Wildman–Crippen LogP) is 2.57. The Bertz CT molecular complexity index is 274. The fourth-order valence-corrected chi connectivity index (χ4v) is 4.47. The van der Waals surface area contributed by atoms with E-state index in [1.54, 1.807) is 0 Å². The molecule has 2 fully saturated rings. The maximum absolute atomic E-state index is 3.91. The number of fused-ring (bicyclic) bond motifs is 2. The first-order valence-corrected chi connectivity index (χ1v) is 8.68. The summed E-state index contributed by atoms with van der Waals surface area (Å²) in [5.41, 5.74) is 0. The summed E-state index contributed by atoms with van der Waals surface area (Å²) in [4.78, 5) is 5.05. The third-order valence-electron chi connectivity index (χ3n) is 5.97. The molecule has 0 spiro atoms. The molecule has 118 valence electrons. The molecule has 2 heterocycles. The van der Waals surface area contributed by atoms with Crippen LogP contribution >= 0.6 is 0 Å². The molecule has 0 aromatic rings. The van der Waals surface area contributed by atoms with E-state index < -0.39 is 0 Å². The van der Waals surface area contributed by atoms with Gasteiger partial charge in [-0.05, 0) is 52.7 Å². The van der Waals surface area contributed by atoms with E-state index in [2.05, 4.69) is 50.1 Å². The van der Waals surface area contributed by atoms with Gasteiger partial charge in [0.2, 0.25) is 0 Å². The summed E-state index contributed by atoms with van der Waals surface area (Å²) >= 11 is 0. The molecule has 2 saturated heterocycles. The van der Waals surface area contributed by atoms with E-state index in [-0.39, 0.29) is 0 Å². The fraction of sp³-hybridized carbons (Fsp3) is 1.00. The molecule has 2 bridgehead atoms. The number of hydrogen-bond acceptors (Lipinski definition) is 3. The summed E-state index contributed by atoms with van der Waals surface area (Å²) in [5, 5.41) is 3.91. The lowest BCUT2D eigenvalue weighted by molar-refractivity contribution is 0.134. The lowest BCUT2D eigenvalue weighted by atomic mass is 9.92. The molecule has 0 aliphatic carbocycles. The molecule has 2 aliphatic heterocycles. The minimum Gasteiger partial charge on any atom is -0.312 e. The minimum absolute atomic E-state index is 0.683. The molecular formula is C17H35N3. The Balaban J connectivity index is 1.84. The van der Waals surface area contributed by atoms with Crippen LogP contribution in [0.5, 0.6) is 0 Å². The van der Waals surface area contributed by atoms with Crippen molar-refractivity contribution in [3.63, 3.8) is 0 Å². The van der Waals surface area contributed by atoms with Gasteiger partial charge in [0.25, 0.3) is 0 Å². The standard InChI is InChI=1S/C17H35N3/c1-6-13(7-2)17(19(3)4)12-18-14-10-15-8-9-16(11-14)20(15)5/h13-18H,6-12H2,1-5H3. The molecule has 20 heavy (non-hydrogen) atoms. The van der Waals surface area contributed by atoms with E-state index in [0.717, 1.165) is 30.6 Å². The van der Waals surface area contributed by atoms with Crippen LogP contribution in [-0.4, -0.2) is 61.7 Å². The Labute approximate surface area is 126 Å². The normalized spacial score (nSPS) is 32.2. The molecule has 2 aliphatic rings. The van der Waals surface area contributed by atoms with Gasteiger partial charge in [0.1, 0.15) is 0 Å². The summed E-state index contributed by atoms with van der Waals surface area (Å²) in [6.45, 7) is 5.83. The van der Waals surface area contributed by atoms with Gasteiger partial charge >= 0.3 is 0 Å².